The highest BCUT2D eigenvalue weighted by molar-refractivity contribution is 5.75. The molecule has 0 bridgehead atoms. The zero-order chi connectivity index (χ0) is 13.5. The maximum Gasteiger partial charge on any atom is 0.335 e. The van der Waals surface area contributed by atoms with E-state index in [2.05, 4.69) is 0 Å². The highest BCUT2D eigenvalue weighted by atomic mass is 19.1. The molecule has 0 unspecified atom stereocenters. The molecular formula is C13H17FO4. The molecular weight excluding hydrogens is 239 g/mol. The van der Waals surface area contributed by atoms with Gasteiger partial charge in [-0.3, -0.25) is 0 Å². The summed E-state index contributed by atoms with van der Waals surface area (Å²) in [6.07, 6.45) is -0.539. The second-order valence-electron chi connectivity index (χ2n) is 3.69. The SMILES string of the molecule is CCOC(=O)[C@H](Cc1ccc(O)c(F)c1)OCC. The van der Waals surface area contributed by atoms with Crippen molar-refractivity contribution in [1.82, 2.24) is 0 Å². The van der Waals surface area contributed by atoms with Crippen LogP contribution in [0.1, 0.15) is 19.4 Å². The number of aromatic hydroxyl groups is 1. The number of hydrogen-bond acceptors (Lipinski definition) is 4. The summed E-state index contributed by atoms with van der Waals surface area (Å²) in [4.78, 5) is 11.6. The molecule has 0 fully saturated rings. The fraction of sp³-hybridized carbons (Fsp3) is 0.462. The van der Waals surface area contributed by atoms with E-state index in [0.717, 1.165) is 0 Å². The van der Waals surface area contributed by atoms with Gasteiger partial charge in [-0.25, -0.2) is 9.18 Å². The van der Waals surface area contributed by atoms with Crippen molar-refractivity contribution in [3.63, 3.8) is 0 Å². The molecule has 4 nitrogen and oxygen atoms in total. The predicted molar refractivity (Wildman–Crippen MR) is 63.8 cm³/mol. The Bertz CT molecular complexity index is 406. The second kappa shape index (κ2) is 6.96. The lowest BCUT2D eigenvalue weighted by Gasteiger charge is -2.15. The van der Waals surface area contributed by atoms with E-state index in [-0.39, 0.29) is 13.0 Å². The quantitative estimate of drug-likeness (QED) is 0.791. The minimum atomic E-state index is -0.751. The molecule has 0 radical (unpaired) electrons. The molecule has 0 aromatic heterocycles. The lowest BCUT2D eigenvalue weighted by molar-refractivity contribution is -0.156. The van der Waals surface area contributed by atoms with E-state index in [1.807, 2.05) is 0 Å². The third-order valence-electron chi connectivity index (χ3n) is 2.35. The largest absolute Gasteiger partial charge is 0.505 e. The molecule has 0 aliphatic carbocycles. The normalized spacial score (nSPS) is 12.2. The fourth-order valence-electron chi connectivity index (χ4n) is 1.54. The molecule has 0 heterocycles. The summed E-state index contributed by atoms with van der Waals surface area (Å²) >= 11 is 0. The van der Waals surface area contributed by atoms with Crippen molar-refractivity contribution in [3.8, 4) is 5.75 Å². The van der Waals surface area contributed by atoms with Crippen molar-refractivity contribution in [2.75, 3.05) is 13.2 Å². The molecule has 1 atom stereocenters. The van der Waals surface area contributed by atoms with Crippen LogP contribution in [0.15, 0.2) is 18.2 Å². The first kappa shape index (κ1) is 14.4. The van der Waals surface area contributed by atoms with Gasteiger partial charge in [-0.1, -0.05) is 6.07 Å². The molecule has 18 heavy (non-hydrogen) atoms. The lowest BCUT2D eigenvalue weighted by atomic mass is 10.1. The van der Waals surface area contributed by atoms with E-state index >= 15 is 0 Å². The van der Waals surface area contributed by atoms with Crippen molar-refractivity contribution < 1.29 is 23.8 Å². The molecule has 0 spiro atoms. The van der Waals surface area contributed by atoms with E-state index in [1.165, 1.54) is 12.1 Å². The van der Waals surface area contributed by atoms with Crippen LogP contribution in [0.5, 0.6) is 5.75 Å². The minimum Gasteiger partial charge on any atom is -0.505 e. The first-order valence-corrected chi connectivity index (χ1v) is 5.84. The average molecular weight is 256 g/mol. The molecule has 0 saturated carbocycles. The van der Waals surface area contributed by atoms with Crippen molar-refractivity contribution in [2.45, 2.75) is 26.4 Å². The van der Waals surface area contributed by atoms with E-state index < -0.39 is 23.6 Å². The smallest absolute Gasteiger partial charge is 0.335 e. The Labute approximate surface area is 105 Å². The summed E-state index contributed by atoms with van der Waals surface area (Å²) in [7, 11) is 0. The molecule has 5 heteroatoms. The van der Waals surface area contributed by atoms with Gasteiger partial charge in [0.15, 0.2) is 17.7 Å². The maximum atomic E-state index is 13.2. The number of carbonyl (C=O) groups is 1. The van der Waals surface area contributed by atoms with Crippen molar-refractivity contribution >= 4 is 5.97 Å². The number of hydrogen-bond donors (Lipinski definition) is 1. The van der Waals surface area contributed by atoms with Crippen molar-refractivity contribution in [1.29, 1.82) is 0 Å². The summed E-state index contributed by atoms with van der Waals surface area (Å²) in [6.45, 7) is 4.11. The molecule has 0 aliphatic rings. The summed E-state index contributed by atoms with van der Waals surface area (Å²) in [5.41, 5.74) is 0.566. The van der Waals surface area contributed by atoms with Gasteiger partial charge in [0.25, 0.3) is 0 Å². The number of phenols is 1. The van der Waals surface area contributed by atoms with E-state index in [0.29, 0.717) is 12.2 Å². The van der Waals surface area contributed by atoms with Crippen LogP contribution in [-0.2, 0) is 20.7 Å². The van der Waals surface area contributed by atoms with Gasteiger partial charge in [-0.2, -0.15) is 0 Å². The number of benzene rings is 1. The van der Waals surface area contributed by atoms with Crippen LogP contribution in [0.4, 0.5) is 4.39 Å². The van der Waals surface area contributed by atoms with Crippen LogP contribution in [-0.4, -0.2) is 30.4 Å². The fourth-order valence-corrected chi connectivity index (χ4v) is 1.54. The predicted octanol–water partition coefficient (Wildman–Crippen LogP) is 2.04. The van der Waals surface area contributed by atoms with Gasteiger partial charge in [0.2, 0.25) is 0 Å². The number of carbonyl (C=O) groups excluding carboxylic acids is 1. The molecule has 0 amide bonds. The molecule has 0 saturated heterocycles. The average Bonchev–Trinajstić information content (AvgIpc) is 2.33. The summed E-state index contributed by atoms with van der Waals surface area (Å²) in [6, 6.07) is 3.98. The Morgan fingerprint density at radius 3 is 2.67 bits per heavy atom. The van der Waals surface area contributed by atoms with Crippen LogP contribution < -0.4 is 0 Å². The zero-order valence-corrected chi connectivity index (χ0v) is 10.5. The van der Waals surface area contributed by atoms with E-state index in [9.17, 15) is 9.18 Å². The Kier molecular flexibility index (Phi) is 5.58. The summed E-state index contributed by atoms with van der Waals surface area (Å²) in [5, 5.41) is 9.08. The van der Waals surface area contributed by atoms with E-state index in [1.54, 1.807) is 19.9 Å². The summed E-state index contributed by atoms with van der Waals surface area (Å²) in [5.74, 6) is -1.60. The van der Waals surface area contributed by atoms with Crippen molar-refractivity contribution in [2.24, 2.45) is 0 Å². The zero-order valence-electron chi connectivity index (χ0n) is 10.5. The summed E-state index contributed by atoms with van der Waals surface area (Å²) < 4.78 is 23.3. The van der Waals surface area contributed by atoms with Crippen LogP contribution in [0.25, 0.3) is 0 Å². The Morgan fingerprint density at radius 1 is 1.39 bits per heavy atom. The van der Waals surface area contributed by atoms with Crippen LogP contribution in [0, 0.1) is 5.82 Å². The first-order valence-electron chi connectivity index (χ1n) is 5.84. The van der Waals surface area contributed by atoms with Gasteiger partial charge < -0.3 is 14.6 Å². The molecule has 1 N–H and O–H groups in total. The Morgan fingerprint density at radius 2 is 2.11 bits per heavy atom. The molecule has 1 rings (SSSR count). The molecule has 1 aromatic carbocycles. The number of phenolic OH excluding ortho intramolecular Hbond substituents is 1. The Balaban J connectivity index is 2.76. The van der Waals surface area contributed by atoms with Gasteiger partial charge >= 0.3 is 5.97 Å². The highest BCUT2D eigenvalue weighted by Gasteiger charge is 2.20. The third-order valence-corrected chi connectivity index (χ3v) is 2.35. The van der Waals surface area contributed by atoms with Crippen LogP contribution in [0.2, 0.25) is 0 Å². The topological polar surface area (TPSA) is 55.8 Å². The number of halogens is 1. The number of rotatable bonds is 6. The van der Waals surface area contributed by atoms with Crippen LogP contribution >= 0.6 is 0 Å². The number of ether oxygens (including phenoxy) is 2. The maximum absolute atomic E-state index is 13.2. The van der Waals surface area contributed by atoms with E-state index in [4.69, 9.17) is 14.6 Å². The monoisotopic (exact) mass is 256 g/mol. The minimum absolute atomic E-state index is 0.212. The molecule has 100 valence electrons. The van der Waals surface area contributed by atoms with Crippen molar-refractivity contribution in [3.05, 3.63) is 29.6 Å². The lowest BCUT2D eigenvalue weighted by Crippen LogP contribution is -2.29. The molecule has 0 aliphatic heterocycles. The first-order chi connectivity index (χ1) is 8.58. The standard InChI is InChI=1S/C13H17FO4/c1-3-17-12(13(16)18-4-2)8-9-5-6-11(15)10(14)7-9/h5-7,12,15H,3-4,8H2,1-2H3/t12-/m0/s1. The molecule has 1 aromatic rings. The number of esters is 1. The Hall–Kier alpha value is -1.62. The second-order valence-corrected chi connectivity index (χ2v) is 3.69. The highest BCUT2D eigenvalue weighted by Crippen LogP contribution is 2.18. The van der Waals surface area contributed by atoms with Gasteiger partial charge in [0, 0.05) is 13.0 Å². The van der Waals surface area contributed by atoms with Crippen LogP contribution in [0.3, 0.4) is 0 Å². The van der Waals surface area contributed by atoms with Gasteiger partial charge in [0.05, 0.1) is 6.61 Å². The third kappa shape index (κ3) is 4.00. The van der Waals surface area contributed by atoms with Gasteiger partial charge in [0.1, 0.15) is 0 Å². The van der Waals surface area contributed by atoms with Gasteiger partial charge in [-0.15, -0.1) is 0 Å². The van der Waals surface area contributed by atoms with Gasteiger partial charge in [-0.05, 0) is 31.5 Å².